The molecule has 10 aromatic rings. The van der Waals surface area contributed by atoms with E-state index in [1.807, 2.05) is 0 Å². The first-order valence-electron chi connectivity index (χ1n) is 17.4. The zero-order valence-electron chi connectivity index (χ0n) is 27.5. The molecule has 0 fully saturated rings. The number of rotatable bonds is 4. The van der Waals surface area contributed by atoms with Crippen LogP contribution in [0.4, 0.5) is 0 Å². The van der Waals surface area contributed by atoms with Crippen LogP contribution in [0.1, 0.15) is 0 Å². The SMILES string of the molecule is c1ccc(-c2ccc(-c3c4ccccc4c(-c4ccc(-c5cccc6ccccc56)c5ccccc45)c4ccccc34)c3ccccc23)cc1. The number of fused-ring (bicyclic) bond motifs is 5. The van der Waals surface area contributed by atoms with Crippen LogP contribution in [-0.4, -0.2) is 0 Å². The molecule has 0 aliphatic heterocycles. The second kappa shape index (κ2) is 11.6. The Hall–Kier alpha value is -6.50. The molecule has 0 aliphatic rings. The van der Waals surface area contributed by atoms with Gasteiger partial charge in [-0.2, -0.15) is 0 Å². The van der Waals surface area contributed by atoms with Crippen LogP contribution in [0.2, 0.25) is 0 Å². The Morgan fingerprint density at radius 2 is 0.520 bits per heavy atom. The molecule has 0 aromatic heterocycles. The smallest absolute Gasteiger partial charge is 0.00201 e. The average Bonchev–Trinajstić information content (AvgIpc) is 3.19. The Balaban J connectivity index is 1.27. The lowest BCUT2D eigenvalue weighted by molar-refractivity contribution is 1.64. The summed E-state index contributed by atoms with van der Waals surface area (Å²) in [5, 5.41) is 12.7. The van der Waals surface area contributed by atoms with Crippen molar-refractivity contribution >= 4 is 53.9 Å². The van der Waals surface area contributed by atoms with E-state index in [0.717, 1.165) is 0 Å². The van der Waals surface area contributed by atoms with Gasteiger partial charge in [0.2, 0.25) is 0 Å². The number of hydrogen-bond donors (Lipinski definition) is 0. The summed E-state index contributed by atoms with van der Waals surface area (Å²) in [5.74, 6) is 0. The predicted octanol–water partition coefficient (Wildman–Crippen LogP) is 14.1. The summed E-state index contributed by atoms with van der Waals surface area (Å²) in [6.07, 6.45) is 0. The molecule has 0 saturated carbocycles. The molecule has 0 aliphatic carbocycles. The van der Waals surface area contributed by atoms with E-state index in [1.165, 1.54) is 98.4 Å². The normalized spacial score (nSPS) is 11.6. The molecule has 0 spiro atoms. The van der Waals surface area contributed by atoms with Gasteiger partial charge in [-0.15, -0.1) is 0 Å². The highest BCUT2D eigenvalue weighted by molar-refractivity contribution is 6.26. The first-order chi connectivity index (χ1) is 24.8. The fraction of sp³-hybridized carbons (Fsp3) is 0. The molecule has 0 radical (unpaired) electrons. The minimum atomic E-state index is 1.24. The van der Waals surface area contributed by atoms with E-state index in [-0.39, 0.29) is 0 Å². The minimum Gasteiger partial charge on any atom is -0.0622 e. The van der Waals surface area contributed by atoms with E-state index in [1.54, 1.807) is 0 Å². The first kappa shape index (κ1) is 28.5. The molecule has 0 nitrogen and oxygen atoms in total. The van der Waals surface area contributed by atoms with Crippen molar-refractivity contribution in [3.05, 3.63) is 194 Å². The first-order valence-corrected chi connectivity index (χ1v) is 17.4. The number of hydrogen-bond acceptors (Lipinski definition) is 0. The standard InChI is InChI=1S/C50H32/c1-2-15-33(16-3-1)36-29-31-47(40-22-8-6-20-37(36)40)49-43-24-10-12-26-45(43)50(46-27-13-11-25-44(46)49)48-32-30-42(39-21-7-9-23-41(39)48)38-28-14-18-34-17-4-5-19-35(34)38/h1-32H. The van der Waals surface area contributed by atoms with Gasteiger partial charge in [-0.1, -0.05) is 194 Å². The zero-order chi connectivity index (χ0) is 33.0. The van der Waals surface area contributed by atoms with Crippen molar-refractivity contribution in [2.75, 3.05) is 0 Å². The molecular weight excluding hydrogens is 601 g/mol. The molecule has 0 heterocycles. The van der Waals surface area contributed by atoms with Crippen molar-refractivity contribution < 1.29 is 0 Å². The van der Waals surface area contributed by atoms with E-state index < -0.39 is 0 Å². The van der Waals surface area contributed by atoms with Crippen LogP contribution in [0.3, 0.4) is 0 Å². The van der Waals surface area contributed by atoms with Gasteiger partial charge in [0.1, 0.15) is 0 Å². The van der Waals surface area contributed by atoms with Crippen molar-refractivity contribution in [3.63, 3.8) is 0 Å². The summed E-state index contributed by atoms with van der Waals surface area (Å²) in [4.78, 5) is 0. The van der Waals surface area contributed by atoms with Crippen molar-refractivity contribution in [1.29, 1.82) is 0 Å². The van der Waals surface area contributed by atoms with Gasteiger partial charge in [0.25, 0.3) is 0 Å². The Labute approximate surface area is 291 Å². The maximum absolute atomic E-state index is 2.36. The molecule has 0 saturated heterocycles. The molecular formula is C50H32. The fourth-order valence-electron chi connectivity index (χ4n) is 8.31. The van der Waals surface area contributed by atoms with Gasteiger partial charge in [-0.05, 0) is 98.4 Å². The van der Waals surface area contributed by atoms with Crippen LogP contribution in [0.5, 0.6) is 0 Å². The highest BCUT2D eigenvalue weighted by Crippen LogP contribution is 2.48. The molecule has 0 heteroatoms. The molecule has 10 rings (SSSR count). The zero-order valence-corrected chi connectivity index (χ0v) is 27.5. The summed E-state index contributed by atoms with van der Waals surface area (Å²) in [6.45, 7) is 0. The van der Waals surface area contributed by atoms with Crippen molar-refractivity contribution in [2.45, 2.75) is 0 Å². The van der Waals surface area contributed by atoms with E-state index in [9.17, 15) is 0 Å². The lowest BCUT2D eigenvalue weighted by Gasteiger charge is -2.21. The summed E-state index contributed by atoms with van der Waals surface area (Å²) < 4.78 is 0. The van der Waals surface area contributed by atoms with E-state index >= 15 is 0 Å². The molecule has 10 aromatic carbocycles. The van der Waals surface area contributed by atoms with Gasteiger partial charge >= 0.3 is 0 Å². The van der Waals surface area contributed by atoms with Crippen molar-refractivity contribution in [1.82, 2.24) is 0 Å². The van der Waals surface area contributed by atoms with Crippen LogP contribution in [0.15, 0.2) is 194 Å². The van der Waals surface area contributed by atoms with Gasteiger partial charge in [-0.3, -0.25) is 0 Å². The van der Waals surface area contributed by atoms with Gasteiger partial charge < -0.3 is 0 Å². The van der Waals surface area contributed by atoms with Gasteiger partial charge in [-0.25, -0.2) is 0 Å². The highest BCUT2D eigenvalue weighted by Gasteiger charge is 2.21. The van der Waals surface area contributed by atoms with E-state index in [0.29, 0.717) is 0 Å². The summed E-state index contributed by atoms with van der Waals surface area (Å²) in [6, 6.07) is 71.2. The third-order valence-electron chi connectivity index (χ3n) is 10.5. The summed E-state index contributed by atoms with van der Waals surface area (Å²) >= 11 is 0. The summed E-state index contributed by atoms with van der Waals surface area (Å²) in [7, 11) is 0. The minimum absolute atomic E-state index is 1.24. The lowest BCUT2D eigenvalue weighted by atomic mass is 9.82. The van der Waals surface area contributed by atoms with E-state index in [2.05, 4.69) is 194 Å². The lowest BCUT2D eigenvalue weighted by Crippen LogP contribution is -1.93. The molecule has 0 unspecified atom stereocenters. The Bertz CT molecular complexity index is 2850. The highest BCUT2D eigenvalue weighted by atomic mass is 14.2. The fourth-order valence-corrected chi connectivity index (χ4v) is 8.31. The van der Waals surface area contributed by atoms with E-state index in [4.69, 9.17) is 0 Å². The van der Waals surface area contributed by atoms with Gasteiger partial charge in [0, 0.05) is 0 Å². The van der Waals surface area contributed by atoms with Crippen LogP contribution >= 0.6 is 0 Å². The quantitative estimate of drug-likeness (QED) is 0.169. The predicted molar refractivity (Wildman–Crippen MR) is 216 cm³/mol. The third-order valence-corrected chi connectivity index (χ3v) is 10.5. The van der Waals surface area contributed by atoms with Crippen LogP contribution < -0.4 is 0 Å². The molecule has 0 bridgehead atoms. The molecule has 0 N–H and O–H groups in total. The molecule has 0 atom stereocenters. The van der Waals surface area contributed by atoms with Crippen molar-refractivity contribution in [2.24, 2.45) is 0 Å². The monoisotopic (exact) mass is 632 g/mol. The van der Waals surface area contributed by atoms with Crippen LogP contribution in [0, 0.1) is 0 Å². The molecule has 50 heavy (non-hydrogen) atoms. The van der Waals surface area contributed by atoms with Crippen molar-refractivity contribution in [3.8, 4) is 44.5 Å². The largest absolute Gasteiger partial charge is 0.0622 e. The topological polar surface area (TPSA) is 0 Å². The number of benzene rings is 10. The molecule has 232 valence electrons. The second-order valence-corrected chi connectivity index (χ2v) is 13.1. The van der Waals surface area contributed by atoms with Crippen LogP contribution in [0.25, 0.3) is 98.4 Å². The second-order valence-electron chi connectivity index (χ2n) is 13.1. The Morgan fingerprint density at radius 1 is 0.180 bits per heavy atom. The molecule has 0 amide bonds. The Kier molecular flexibility index (Phi) is 6.60. The average molecular weight is 633 g/mol. The Morgan fingerprint density at radius 3 is 1.06 bits per heavy atom. The summed E-state index contributed by atoms with van der Waals surface area (Å²) in [5.41, 5.74) is 10.1. The maximum atomic E-state index is 2.36. The maximum Gasteiger partial charge on any atom is -0.00201 e. The van der Waals surface area contributed by atoms with Gasteiger partial charge in [0.15, 0.2) is 0 Å². The van der Waals surface area contributed by atoms with Gasteiger partial charge in [0.05, 0.1) is 0 Å². The third kappa shape index (κ3) is 4.39. The van der Waals surface area contributed by atoms with Crippen LogP contribution in [-0.2, 0) is 0 Å².